The Kier molecular flexibility index (Phi) is 5.02. The molecule has 140 valence electrons. The lowest BCUT2D eigenvalue weighted by molar-refractivity contribution is -0.274. The van der Waals surface area contributed by atoms with Gasteiger partial charge < -0.3 is 14.8 Å². The highest BCUT2D eigenvalue weighted by atomic mass is 19.4. The number of hydrogen-bond donors (Lipinski definition) is 2. The number of benzene rings is 2. The molecule has 0 saturated heterocycles. The first kappa shape index (κ1) is 18.3. The predicted molar refractivity (Wildman–Crippen MR) is 91.7 cm³/mol. The molecule has 2 aromatic carbocycles. The quantitative estimate of drug-likeness (QED) is 0.698. The highest BCUT2D eigenvalue weighted by molar-refractivity contribution is 6.03. The van der Waals surface area contributed by atoms with Gasteiger partial charge in [0.1, 0.15) is 17.2 Å². The van der Waals surface area contributed by atoms with E-state index in [-0.39, 0.29) is 11.4 Å². The van der Waals surface area contributed by atoms with E-state index in [1.54, 1.807) is 31.4 Å². The van der Waals surface area contributed by atoms with E-state index < -0.39 is 18.0 Å². The number of alkyl halides is 3. The van der Waals surface area contributed by atoms with E-state index >= 15 is 0 Å². The van der Waals surface area contributed by atoms with Crippen molar-refractivity contribution in [2.24, 2.45) is 0 Å². The summed E-state index contributed by atoms with van der Waals surface area (Å²) in [4.78, 5) is 12.3. The molecule has 3 aromatic rings. The van der Waals surface area contributed by atoms with Crippen molar-refractivity contribution in [2.45, 2.75) is 6.36 Å². The second-order valence-electron chi connectivity index (χ2n) is 5.43. The second-order valence-corrected chi connectivity index (χ2v) is 5.43. The fraction of sp³-hybridized carbons (Fsp3) is 0.111. The Labute approximate surface area is 151 Å². The van der Waals surface area contributed by atoms with Crippen LogP contribution in [0.5, 0.6) is 11.5 Å². The van der Waals surface area contributed by atoms with Crippen LogP contribution < -0.4 is 14.8 Å². The Bertz CT molecular complexity index is 954. The fourth-order valence-electron chi connectivity index (χ4n) is 2.34. The molecule has 3 rings (SSSR count). The average Bonchev–Trinajstić information content (AvgIpc) is 3.11. The van der Waals surface area contributed by atoms with Gasteiger partial charge in [0.25, 0.3) is 5.91 Å². The lowest BCUT2D eigenvalue weighted by Crippen LogP contribution is -2.17. The molecule has 0 fully saturated rings. The van der Waals surface area contributed by atoms with Crippen LogP contribution in [-0.4, -0.2) is 29.6 Å². The lowest BCUT2D eigenvalue weighted by Gasteiger charge is -2.10. The van der Waals surface area contributed by atoms with Crippen molar-refractivity contribution < 1.29 is 27.4 Å². The molecule has 0 aliphatic carbocycles. The van der Waals surface area contributed by atoms with E-state index in [0.717, 1.165) is 17.7 Å². The van der Waals surface area contributed by atoms with Crippen molar-refractivity contribution in [1.82, 2.24) is 10.2 Å². The van der Waals surface area contributed by atoms with Crippen LogP contribution in [-0.2, 0) is 0 Å². The molecule has 27 heavy (non-hydrogen) atoms. The van der Waals surface area contributed by atoms with E-state index in [2.05, 4.69) is 20.3 Å². The minimum absolute atomic E-state index is 0.148. The van der Waals surface area contributed by atoms with Crippen LogP contribution >= 0.6 is 0 Å². The van der Waals surface area contributed by atoms with Gasteiger partial charge in [0.15, 0.2) is 0 Å². The third-order valence-corrected chi connectivity index (χ3v) is 3.51. The lowest BCUT2D eigenvalue weighted by atomic mass is 10.1. The highest BCUT2D eigenvalue weighted by Crippen LogP contribution is 2.26. The molecule has 0 atom stereocenters. The van der Waals surface area contributed by atoms with Gasteiger partial charge in [0.2, 0.25) is 0 Å². The number of nitrogens with one attached hydrogen (secondary N) is 2. The van der Waals surface area contributed by atoms with Crippen LogP contribution in [0.25, 0.3) is 11.3 Å². The maximum atomic E-state index is 12.3. The van der Waals surface area contributed by atoms with Crippen molar-refractivity contribution in [3.63, 3.8) is 0 Å². The van der Waals surface area contributed by atoms with Gasteiger partial charge in [-0.3, -0.25) is 9.89 Å². The third-order valence-electron chi connectivity index (χ3n) is 3.51. The number of anilines is 1. The largest absolute Gasteiger partial charge is 0.573 e. The summed E-state index contributed by atoms with van der Waals surface area (Å²) in [6.07, 6.45) is -4.81. The predicted octanol–water partition coefficient (Wildman–Crippen LogP) is 4.24. The summed E-state index contributed by atoms with van der Waals surface area (Å²) in [7, 11) is 1.54. The number of hydrogen-bond acceptors (Lipinski definition) is 4. The molecule has 0 radical (unpaired) electrons. The van der Waals surface area contributed by atoms with Gasteiger partial charge in [-0.1, -0.05) is 18.2 Å². The van der Waals surface area contributed by atoms with Gasteiger partial charge in [-0.05, 0) is 30.3 Å². The van der Waals surface area contributed by atoms with E-state index in [0.29, 0.717) is 11.4 Å². The average molecular weight is 377 g/mol. The van der Waals surface area contributed by atoms with Crippen LogP contribution in [0.2, 0.25) is 0 Å². The number of carbonyl (C=O) groups is 1. The van der Waals surface area contributed by atoms with Crippen molar-refractivity contribution in [2.75, 3.05) is 12.4 Å². The molecule has 0 aliphatic heterocycles. The monoisotopic (exact) mass is 377 g/mol. The number of H-pyrrole nitrogens is 1. The number of rotatable bonds is 5. The normalized spacial score (nSPS) is 11.1. The summed E-state index contributed by atoms with van der Waals surface area (Å²) in [6.45, 7) is 0. The molecule has 9 heteroatoms. The first-order valence-electron chi connectivity index (χ1n) is 7.71. The number of halogens is 3. The Morgan fingerprint density at radius 1 is 1.07 bits per heavy atom. The van der Waals surface area contributed by atoms with Crippen LogP contribution in [0.1, 0.15) is 10.5 Å². The topological polar surface area (TPSA) is 76.2 Å². The Hall–Kier alpha value is -3.49. The van der Waals surface area contributed by atoms with E-state index in [4.69, 9.17) is 4.74 Å². The minimum Gasteiger partial charge on any atom is -0.497 e. The SMILES string of the molecule is COc1cccc(-c2cc(C(=O)Nc3cccc(OC(F)(F)F)c3)[nH]n2)c1. The van der Waals surface area contributed by atoms with Crippen molar-refractivity contribution in [3.8, 4) is 22.8 Å². The van der Waals surface area contributed by atoms with Crippen LogP contribution in [0, 0.1) is 0 Å². The Morgan fingerprint density at radius 3 is 2.56 bits per heavy atom. The molecule has 1 heterocycles. The standard InChI is InChI=1S/C18H14F3N3O3/c1-26-13-6-2-4-11(8-13)15-10-16(24-23-15)17(25)22-12-5-3-7-14(9-12)27-18(19,20)21/h2-10H,1H3,(H,22,25)(H,23,24). The van der Waals surface area contributed by atoms with E-state index in [1.807, 2.05) is 0 Å². The van der Waals surface area contributed by atoms with Gasteiger partial charge in [-0.15, -0.1) is 13.2 Å². The Morgan fingerprint density at radius 2 is 1.81 bits per heavy atom. The minimum atomic E-state index is -4.81. The number of aromatic nitrogens is 2. The molecule has 0 aliphatic rings. The zero-order chi connectivity index (χ0) is 19.4. The Balaban J connectivity index is 1.74. The van der Waals surface area contributed by atoms with Crippen LogP contribution in [0.4, 0.5) is 18.9 Å². The van der Waals surface area contributed by atoms with Crippen molar-refractivity contribution in [1.29, 1.82) is 0 Å². The van der Waals surface area contributed by atoms with E-state index in [9.17, 15) is 18.0 Å². The van der Waals surface area contributed by atoms with Crippen molar-refractivity contribution >= 4 is 11.6 Å². The molecule has 1 amide bonds. The van der Waals surface area contributed by atoms with Crippen molar-refractivity contribution in [3.05, 3.63) is 60.3 Å². The number of ether oxygens (including phenoxy) is 2. The fourth-order valence-corrected chi connectivity index (χ4v) is 2.34. The van der Waals surface area contributed by atoms with Gasteiger partial charge in [0.05, 0.1) is 12.8 Å². The van der Waals surface area contributed by atoms with Gasteiger partial charge in [-0.2, -0.15) is 5.10 Å². The molecule has 6 nitrogen and oxygen atoms in total. The molecule has 0 saturated carbocycles. The van der Waals surface area contributed by atoms with Gasteiger partial charge >= 0.3 is 6.36 Å². The number of methoxy groups -OCH3 is 1. The number of carbonyl (C=O) groups excluding carboxylic acids is 1. The van der Waals surface area contributed by atoms with Gasteiger partial charge in [-0.25, -0.2) is 0 Å². The zero-order valence-corrected chi connectivity index (χ0v) is 14.0. The molecule has 0 bridgehead atoms. The summed E-state index contributed by atoms with van der Waals surface area (Å²) >= 11 is 0. The summed E-state index contributed by atoms with van der Waals surface area (Å²) in [5.41, 5.74) is 1.56. The number of nitrogens with zero attached hydrogens (tertiary/aromatic N) is 1. The highest BCUT2D eigenvalue weighted by Gasteiger charge is 2.31. The number of aromatic amines is 1. The van der Waals surface area contributed by atoms with Gasteiger partial charge in [0, 0.05) is 17.3 Å². The third kappa shape index (κ3) is 4.78. The maximum absolute atomic E-state index is 12.3. The van der Waals surface area contributed by atoms with E-state index in [1.165, 1.54) is 18.2 Å². The molecule has 0 unspecified atom stereocenters. The van der Waals surface area contributed by atoms with Crippen LogP contribution in [0.3, 0.4) is 0 Å². The smallest absolute Gasteiger partial charge is 0.497 e. The summed E-state index contributed by atoms with van der Waals surface area (Å²) in [5.74, 6) is -0.342. The molecular formula is C18H14F3N3O3. The molecule has 2 N–H and O–H groups in total. The van der Waals surface area contributed by atoms with Crippen LogP contribution in [0.15, 0.2) is 54.6 Å². The first-order chi connectivity index (χ1) is 12.8. The molecular weight excluding hydrogens is 363 g/mol. The first-order valence-corrected chi connectivity index (χ1v) is 7.71. The number of amides is 1. The zero-order valence-electron chi connectivity index (χ0n) is 14.0. The maximum Gasteiger partial charge on any atom is 0.573 e. The molecule has 1 aromatic heterocycles. The summed E-state index contributed by atoms with van der Waals surface area (Å²) in [6, 6.07) is 13.7. The second kappa shape index (κ2) is 7.40. The molecule has 0 spiro atoms. The summed E-state index contributed by atoms with van der Waals surface area (Å²) < 4.78 is 45.8. The summed E-state index contributed by atoms with van der Waals surface area (Å²) in [5, 5.41) is 9.17.